The third-order valence-electron chi connectivity index (χ3n) is 4.41. The Labute approximate surface area is 173 Å². The molecule has 2 heterocycles. The van der Waals surface area contributed by atoms with Crippen LogP contribution in [0.25, 0.3) is 0 Å². The van der Waals surface area contributed by atoms with E-state index < -0.39 is 17.9 Å². The second-order valence-corrected chi connectivity index (χ2v) is 7.82. The molecular weight excluding hydrogens is 394 g/mol. The fourth-order valence-electron chi connectivity index (χ4n) is 2.80. The number of aromatic nitrogens is 1. The summed E-state index contributed by atoms with van der Waals surface area (Å²) in [6.07, 6.45) is 2.72. The maximum atomic E-state index is 13.3. The lowest BCUT2D eigenvalue weighted by atomic mass is 10.1. The molecule has 10 heteroatoms. The van der Waals surface area contributed by atoms with Gasteiger partial charge in [-0.2, -0.15) is 4.37 Å². The van der Waals surface area contributed by atoms with Gasteiger partial charge in [-0.05, 0) is 42.4 Å². The van der Waals surface area contributed by atoms with Crippen LogP contribution in [0.3, 0.4) is 0 Å². The molecule has 0 bridgehead atoms. The minimum atomic E-state index is -0.811. The Kier molecular flexibility index (Phi) is 7.77. The highest BCUT2D eigenvalue weighted by Crippen LogP contribution is 2.25. The van der Waals surface area contributed by atoms with E-state index >= 15 is 0 Å². The molecular formula is C19H27N5O4S. The molecule has 1 unspecified atom stereocenters. The monoisotopic (exact) mass is 421 g/mol. The van der Waals surface area contributed by atoms with Crippen molar-refractivity contribution in [1.82, 2.24) is 14.6 Å². The topological polar surface area (TPSA) is 145 Å². The number of rotatable bonds is 10. The van der Waals surface area contributed by atoms with Gasteiger partial charge in [0.25, 0.3) is 11.8 Å². The van der Waals surface area contributed by atoms with E-state index in [-0.39, 0.29) is 28.7 Å². The summed E-state index contributed by atoms with van der Waals surface area (Å²) >= 11 is 0.786. The van der Waals surface area contributed by atoms with Crippen molar-refractivity contribution in [2.45, 2.75) is 46.2 Å². The van der Waals surface area contributed by atoms with E-state index in [4.69, 9.17) is 15.9 Å². The third kappa shape index (κ3) is 5.57. The lowest BCUT2D eigenvalue weighted by molar-refractivity contribution is -0.126. The Bertz CT molecular complexity index is 847. The number of primary amides is 1. The molecule has 3 amide bonds. The van der Waals surface area contributed by atoms with Crippen LogP contribution < -0.4 is 16.8 Å². The number of nitrogens with two attached hydrogens (primary N) is 2. The molecule has 0 saturated carbocycles. The van der Waals surface area contributed by atoms with E-state index in [1.54, 1.807) is 12.1 Å². The van der Waals surface area contributed by atoms with Gasteiger partial charge in [-0.3, -0.25) is 14.4 Å². The van der Waals surface area contributed by atoms with E-state index in [1.165, 1.54) is 11.2 Å². The quantitative estimate of drug-likeness (QED) is 0.535. The minimum Gasteiger partial charge on any atom is -0.467 e. The minimum absolute atomic E-state index is 0.0683. The Morgan fingerprint density at radius 2 is 2.07 bits per heavy atom. The van der Waals surface area contributed by atoms with Gasteiger partial charge >= 0.3 is 0 Å². The SMILES string of the molecule is CCC(C(=O)NCCC(C)C)N(Cc1ccco1)C(=O)c1snc(C(N)=O)c1N. The molecule has 0 aliphatic carbocycles. The number of anilines is 1. The first-order chi connectivity index (χ1) is 13.8. The zero-order valence-electron chi connectivity index (χ0n) is 16.8. The van der Waals surface area contributed by atoms with Crippen LogP contribution in [0.4, 0.5) is 5.69 Å². The van der Waals surface area contributed by atoms with Gasteiger partial charge in [-0.1, -0.05) is 20.8 Å². The van der Waals surface area contributed by atoms with E-state index in [1.807, 2.05) is 6.92 Å². The summed E-state index contributed by atoms with van der Waals surface area (Å²) < 4.78 is 9.25. The van der Waals surface area contributed by atoms with Crippen molar-refractivity contribution in [2.75, 3.05) is 12.3 Å². The predicted octanol–water partition coefficient (Wildman–Crippen LogP) is 2.00. The average molecular weight is 422 g/mol. The normalized spacial score (nSPS) is 12.0. The second kappa shape index (κ2) is 10.1. The van der Waals surface area contributed by atoms with Gasteiger partial charge in [0.05, 0.1) is 18.5 Å². The molecule has 2 rings (SSSR count). The van der Waals surface area contributed by atoms with Gasteiger partial charge < -0.3 is 26.1 Å². The predicted molar refractivity (Wildman–Crippen MR) is 110 cm³/mol. The van der Waals surface area contributed by atoms with Crippen molar-refractivity contribution in [2.24, 2.45) is 11.7 Å². The number of nitrogen functional groups attached to an aromatic ring is 1. The fraction of sp³-hybridized carbons (Fsp3) is 0.474. The molecule has 2 aromatic rings. The molecule has 1 atom stereocenters. The number of carbonyl (C=O) groups is 3. The van der Waals surface area contributed by atoms with E-state index in [0.717, 1.165) is 18.0 Å². The summed E-state index contributed by atoms with van der Waals surface area (Å²) in [6, 6.07) is 2.68. The van der Waals surface area contributed by atoms with Crippen LogP contribution in [-0.2, 0) is 11.3 Å². The largest absolute Gasteiger partial charge is 0.467 e. The Balaban J connectivity index is 2.31. The van der Waals surface area contributed by atoms with Crippen molar-refractivity contribution in [3.8, 4) is 0 Å². The summed E-state index contributed by atoms with van der Waals surface area (Å²) in [5.74, 6) is -0.611. The molecule has 0 aromatic carbocycles. The lowest BCUT2D eigenvalue weighted by Gasteiger charge is -2.29. The summed E-state index contributed by atoms with van der Waals surface area (Å²) in [5, 5.41) is 2.89. The molecule has 0 saturated heterocycles. The summed E-state index contributed by atoms with van der Waals surface area (Å²) in [4.78, 5) is 39.0. The average Bonchev–Trinajstić information content (AvgIpc) is 3.30. The molecule has 0 fully saturated rings. The Hall–Kier alpha value is -2.88. The first-order valence-corrected chi connectivity index (χ1v) is 10.2. The van der Waals surface area contributed by atoms with Gasteiger partial charge in [0.2, 0.25) is 5.91 Å². The van der Waals surface area contributed by atoms with Crippen LogP contribution in [0.5, 0.6) is 0 Å². The van der Waals surface area contributed by atoms with Gasteiger partial charge in [-0.25, -0.2) is 0 Å². The number of carbonyl (C=O) groups excluding carboxylic acids is 3. The molecule has 158 valence electrons. The highest BCUT2D eigenvalue weighted by molar-refractivity contribution is 7.09. The molecule has 5 N–H and O–H groups in total. The number of hydrogen-bond donors (Lipinski definition) is 3. The molecule has 2 aromatic heterocycles. The van der Waals surface area contributed by atoms with Crippen LogP contribution in [0.15, 0.2) is 22.8 Å². The van der Waals surface area contributed by atoms with Crippen LogP contribution in [0.1, 0.15) is 59.5 Å². The lowest BCUT2D eigenvalue weighted by Crippen LogP contribution is -2.49. The first kappa shape index (κ1) is 22.4. The van der Waals surface area contributed by atoms with Crippen LogP contribution in [0, 0.1) is 5.92 Å². The smallest absolute Gasteiger partial charge is 0.270 e. The van der Waals surface area contributed by atoms with Crippen molar-refractivity contribution in [3.05, 3.63) is 34.7 Å². The standard InChI is InChI=1S/C19H27N5O4S/c1-4-13(18(26)22-8-7-11(2)3)24(10-12-6-5-9-28-12)19(27)16-14(20)15(17(21)25)23-29-16/h5-6,9,11,13H,4,7-8,10,20H2,1-3H3,(H2,21,25)(H,22,26). The maximum Gasteiger partial charge on any atom is 0.270 e. The van der Waals surface area contributed by atoms with Crippen LogP contribution in [0.2, 0.25) is 0 Å². The third-order valence-corrected chi connectivity index (χ3v) is 5.26. The van der Waals surface area contributed by atoms with E-state index in [0.29, 0.717) is 24.6 Å². The Morgan fingerprint density at radius 1 is 1.34 bits per heavy atom. The first-order valence-electron chi connectivity index (χ1n) is 9.42. The number of nitrogens with one attached hydrogen (secondary N) is 1. The fourth-order valence-corrected chi connectivity index (χ4v) is 3.56. The zero-order chi connectivity index (χ0) is 21.6. The van der Waals surface area contributed by atoms with Crippen molar-refractivity contribution in [3.63, 3.8) is 0 Å². The van der Waals surface area contributed by atoms with Crippen molar-refractivity contribution in [1.29, 1.82) is 0 Å². The highest BCUT2D eigenvalue weighted by atomic mass is 32.1. The summed E-state index contributed by atoms with van der Waals surface area (Å²) in [6.45, 7) is 6.55. The van der Waals surface area contributed by atoms with Gasteiger partial charge in [0.15, 0.2) is 5.69 Å². The number of hydrogen-bond acceptors (Lipinski definition) is 7. The van der Waals surface area contributed by atoms with Gasteiger partial charge in [0.1, 0.15) is 16.7 Å². The van der Waals surface area contributed by atoms with Gasteiger partial charge in [0, 0.05) is 6.54 Å². The second-order valence-electron chi connectivity index (χ2n) is 7.05. The molecule has 9 nitrogen and oxygen atoms in total. The molecule has 29 heavy (non-hydrogen) atoms. The number of furan rings is 1. The van der Waals surface area contributed by atoms with Crippen LogP contribution in [-0.4, -0.2) is 39.6 Å². The maximum absolute atomic E-state index is 13.3. The molecule has 0 spiro atoms. The number of amides is 3. The molecule has 0 aliphatic heterocycles. The summed E-state index contributed by atoms with van der Waals surface area (Å²) in [5.41, 5.74) is 10.9. The van der Waals surface area contributed by atoms with Crippen molar-refractivity contribution >= 4 is 34.9 Å². The van der Waals surface area contributed by atoms with Crippen LogP contribution >= 0.6 is 11.5 Å². The summed E-state index contributed by atoms with van der Waals surface area (Å²) in [7, 11) is 0. The van der Waals surface area contributed by atoms with E-state index in [2.05, 4.69) is 23.5 Å². The Morgan fingerprint density at radius 3 is 2.59 bits per heavy atom. The number of nitrogens with zero attached hydrogens (tertiary/aromatic N) is 2. The van der Waals surface area contributed by atoms with Crippen molar-refractivity contribution < 1.29 is 18.8 Å². The van der Waals surface area contributed by atoms with E-state index in [9.17, 15) is 14.4 Å². The van der Waals surface area contributed by atoms with Gasteiger partial charge in [-0.15, -0.1) is 0 Å². The molecule has 0 radical (unpaired) electrons. The molecule has 0 aliphatic rings. The highest BCUT2D eigenvalue weighted by Gasteiger charge is 2.33. The zero-order valence-corrected chi connectivity index (χ0v) is 17.6.